The molecule has 0 aliphatic carbocycles. The summed E-state index contributed by atoms with van der Waals surface area (Å²) in [6.07, 6.45) is 12.8. The molecule has 1 atom stereocenters. The first-order valence-corrected chi connectivity index (χ1v) is 8.17. The third-order valence-corrected chi connectivity index (χ3v) is 4.38. The van der Waals surface area contributed by atoms with E-state index < -0.39 is 5.40 Å². The van der Waals surface area contributed by atoms with Crippen LogP contribution in [0.4, 0.5) is 0 Å². The third-order valence-electron chi connectivity index (χ3n) is 4.38. The molecule has 0 fully saturated rings. The molecule has 0 aromatic rings. The molecule has 0 aliphatic rings. The average Bonchev–Trinajstić information content (AvgIpc) is 2.33. The van der Waals surface area contributed by atoms with Gasteiger partial charge in [0.25, 0.3) is 0 Å². The fraction of sp³-hybridized carbons (Fsp3) is 1.00. The molecule has 1 nitrogen and oxygen atoms in total. The molecule has 0 rings (SSSR count). The molecule has 3 heteroatoms. The first-order valence-electron chi connectivity index (χ1n) is 8.17. The molecule has 0 bridgehead atoms. The molecule has 0 heterocycles. The quantitative estimate of drug-likeness (QED) is 0.410. The Labute approximate surface area is 123 Å². The van der Waals surface area contributed by atoms with Crippen LogP contribution >= 0.6 is 0 Å². The third kappa shape index (κ3) is 8.07. The van der Waals surface area contributed by atoms with Crippen LogP contribution in [0.1, 0.15) is 91.4 Å². The molecule has 0 aliphatic heterocycles. The summed E-state index contributed by atoms with van der Waals surface area (Å²) in [6, 6.07) is 0. The summed E-state index contributed by atoms with van der Waals surface area (Å²) in [7, 11) is 11.6. The predicted molar refractivity (Wildman–Crippen MR) is 86.7 cm³/mol. The second-order valence-electron chi connectivity index (χ2n) is 6.36. The van der Waals surface area contributed by atoms with E-state index in [0.717, 1.165) is 25.7 Å². The minimum absolute atomic E-state index is 0.354. The van der Waals surface area contributed by atoms with E-state index in [-0.39, 0.29) is 5.41 Å². The largest absolute Gasteiger partial charge is 0.409 e. The Balaban J connectivity index is 4.13. The van der Waals surface area contributed by atoms with Crippen molar-refractivity contribution in [1.29, 1.82) is 0 Å². The Kier molecular flexibility index (Phi) is 9.96. The van der Waals surface area contributed by atoms with Gasteiger partial charge in [-0.05, 0) is 23.7 Å². The van der Waals surface area contributed by atoms with Crippen LogP contribution in [0, 0.1) is 5.41 Å². The predicted octanol–water partition coefficient (Wildman–Crippen LogP) is 4.31. The van der Waals surface area contributed by atoms with Crippen LogP contribution in [-0.2, 0) is 0 Å². The summed E-state index contributed by atoms with van der Waals surface area (Å²) in [5.41, 5.74) is -0.354. The van der Waals surface area contributed by atoms with Gasteiger partial charge in [-0.1, -0.05) is 78.6 Å². The van der Waals surface area contributed by atoms with Crippen molar-refractivity contribution >= 4 is 15.7 Å². The van der Waals surface area contributed by atoms with E-state index in [9.17, 15) is 5.11 Å². The standard InChI is InChI=1S/C16H32B2O/c1-4-6-8-10-12-14-15(3,16(17,18)19)13-11-9-7-5-2/h19H,4-14H2,1-3H3. The SMILES string of the molecule is [B]C([B])(O)C(C)(CCCCCC)CCCCCCC. The van der Waals surface area contributed by atoms with Gasteiger partial charge in [-0.25, -0.2) is 0 Å². The van der Waals surface area contributed by atoms with Crippen molar-refractivity contribution in [3.63, 3.8) is 0 Å². The molecule has 0 aromatic heterocycles. The fourth-order valence-corrected chi connectivity index (χ4v) is 2.59. The summed E-state index contributed by atoms with van der Waals surface area (Å²) in [5, 5.41) is 8.50. The smallest absolute Gasteiger partial charge is 0.0997 e. The van der Waals surface area contributed by atoms with Crippen LogP contribution in [0.15, 0.2) is 0 Å². The zero-order valence-corrected chi connectivity index (χ0v) is 13.4. The van der Waals surface area contributed by atoms with Crippen molar-refractivity contribution in [3.05, 3.63) is 0 Å². The topological polar surface area (TPSA) is 20.2 Å². The maximum Gasteiger partial charge on any atom is 0.0997 e. The minimum atomic E-state index is -1.55. The monoisotopic (exact) mass is 262 g/mol. The molecule has 0 aromatic carbocycles. The van der Waals surface area contributed by atoms with Gasteiger partial charge in [-0.2, -0.15) is 0 Å². The summed E-state index contributed by atoms with van der Waals surface area (Å²) >= 11 is 0. The number of aliphatic hydroxyl groups is 1. The lowest BCUT2D eigenvalue weighted by Gasteiger charge is -2.42. The summed E-state index contributed by atoms with van der Waals surface area (Å²) in [5.74, 6) is 0. The number of rotatable bonds is 12. The van der Waals surface area contributed by atoms with E-state index in [0.29, 0.717) is 0 Å². The van der Waals surface area contributed by atoms with E-state index in [1.54, 1.807) is 0 Å². The van der Waals surface area contributed by atoms with Crippen LogP contribution in [0.25, 0.3) is 0 Å². The normalized spacial score (nSPS) is 15.4. The van der Waals surface area contributed by atoms with E-state index >= 15 is 0 Å². The lowest BCUT2D eigenvalue weighted by Crippen LogP contribution is -2.47. The van der Waals surface area contributed by atoms with Crippen LogP contribution in [-0.4, -0.2) is 26.2 Å². The molecule has 0 amide bonds. The van der Waals surface area contributed by atoms with Crippen molar-refractivity contribution in [2.24, 2.45) is 5.41 Å². The number of hydrogen-bond donors (Lipinski definition) is 1. The maximum absolute atomic E-state index is 10.1. The zero-order chi connectivity index (χ0) is 14.8. The highest BCUT2D eigenvalue weighted by atomic mass is 16.3. The van der Waals surface area contributed by atoms with Gasteiger partial charge in [0.05, 0.1) is 15.7 Å². The zero-order valence-electron chi connectivity index (χ0n) is 13.4. The Hall–Kier alpha value is 0.0899. The van der Waals surface area contributed by atoms with Gasteiger partial charge >= 0.3 is 0 Å². The maximum atomic E-state index is 10.1. The van der Waals surface area contributed by atoms with Gasteiger partial charge in [-0.3, -0.25) is 0 Å². The number of hydrogen-bond acceptors (Lipinski definition) is 1. The second kappa shape index (κ2) is 9.91. The van der Waals surface area contributed by atoms with Crippen molar-refractivity contribution in [1.82, 2.24) is 0 Å². The van der Waals surface area contributed by atoms with E-state index in [1.807, 2.05) is 6.92 Å². The molecule has 1 unspecified atom stereocenters. The molecular weight excluding hydrogens is 230 g/mol. The van der Waals surface area contributed by atoms with Crippen molar-refractivity contribution in [3.8, 4) is 0 Å². The molecule has 0 saturated heterocycles. The highest BCUT2D eigenvalue weighted by molar-refractivity contribution is 6.39. The molecule has 0 spiro atoms. The summed E-state index contributed by atoms with van der Waals surface area (Å²) in [4.78, 5) is 0. The molecule has 108 valence electrons. The first kappa shape index (κ1) is 19.1. The summed E-state index contributed by atoms with van der Waals surface area (Å²) in [6.45, 7) is 6.46. The fourth-order valence-electron chi connectivity index (χ4n) is 2.59. The van der Waals surface area contributed by atoms with Crippen molar-refractivity contribution < 1.29 is 5.11 Å². The van der Waals surface area contributed by atoms with Crippen LogP contribution in [0.2, 0.25) is 0 Å². The van der Waals surface area contributed by atoms with Crippen LogP contribution in [0.5, 0.6) is 0 Å². The van der Waals surface area contributed by atoms with E-state index in [2.05, 4.69) is 13.8 Å². The first-order chi connectivity index (χ1) is 8.87. The van der Waals surface area contributed by atoms with Gasteiger partial charge in [0.15, 0.2) is 0 Å². The molecule has 19 heavy (non-hydrogen) atoms. The van der Waals surface area contributed by atoms with Gasteiger partial charge in [0.1, 0.15) is 0 Å². The van der Waals surface area contributed by atoms with Crippen LogP contribution in [0.3, 0.4) is 0 Å². The molecular formula is C16H32B2O. The lowest BCUT2D eigenvalue weighted by atomic mass is 9.48. The van der Waals surface area contributed by atoms with Gasteiger partial charge < -0.3 is 5.11 Å². The van der Waals surface area contributed by atoms with Gasteiger partial charge in [0, 0.05) is 0 Å². The Morgan fingerprint density at radius 1 is 0.737 bits per heavy atom. The van der Waals surface area contributed by atoms with E-state index in [1.165, 1.54) is 44.9 Å². The molecule has 0 saturated carbocycles. The lowest BCUT2D eigenvalue weighted by molar-refractivity contribution is 0.0463. The van der Waals surface area contributed by atoms with E-state index in [4.69, 9.17) is 15.7 Å². The Morgan fingerprint density at radius 3 is 1.47 bits per heavy atom. The van der Waals surface area contributed by atoms with Crippen molar-refractivity contribution in [2.75, 3.05) is 0 Å². The Morgan fingerprint density at radius 2 is 1.11 bits per heavy atom. The minimum Gasteiger partial charge on any atom is -0.409 e. The highest BCUT2D eigenvalue weighted by Gasteiger charge is 2.36. The second-order valence-corrected chi connectivity index (χ2v) is 6.36. The van der Waals surface area contributed by atoms with Gasteiger partial charge in [0.2, 0.25) is 0 Å². The summed E-state index contributed by atoms with van der Waals surface area (Å²) < 4.78 is 0. The number of unbranched alkanes of at least 4 members (excludes halogenated alkanes) is 7. The van der Waals surface area contributed by atoms with Gasteiger partial charge in [-0.15, -0.1) is 0 Å². The molecule has 1 N–H and O–H groups in total. The Bertz CT molecular complexity index is 213. The van der Waals surface area contributed by atoms with Crippen LogP contribution < -0.4 is 0 Å². The molecule has 4 radical (unpaired) electrons. The average molecular weight is 262 g/mol. The van der Waals surface area contributed by atoms with Crippen molar-refractivity contribution in [2.45, 2.75) is 96.8 Å². The highest BCUT2D eigenvalue weighted by Crippen LogP contribution is 2.38.